The van der Waals surface area contributed by atoms with E-state index in [1.807, 2.05) is 0 Å². The van der Waals surface area contributed by atoms with Gasteiger partial charge in [0.15, 0.2) is 0 Å². The van der Waals surface area contributed by atoms with E-state index in [0.717, 1.165) is 6.07 Å². The van der Waals surface area contributed by atoms with Crippen LogP contribution in [0.25, 0.3) is 0 Å². The Hall–Kier alpha value is -1.56. The van der Waals surface area contributed by atoms with Crippen molar-refractivity contribution in [3.8, 4) is 0 Å². The summed E-state index contributed by atoms with van der Waals surface area (Å²) >= 11 is 5.36. The minimum atomic E-state index is -4.94. The summed E-state index contributed by atoms with van der Waals surface area (Å²) < 4.78 is 36.8. The van der Waals surface area contributed by atoms with E-state index in [9.17, 15) is 18.0 Å². The molecule has 0 amide bonds. The molecule has 3 nitrogen and oxygen atoms in total. The number of benzene rings is 1. The normalized spacial score (nSPS) is 12.6. The molecule has 0 saturated carbocycles. The molecule has 92 valence electrons. The van der Waals surface area contributed by atoms with Gasteiger partial charge in [0, 0.05) is 0 Å². The van der Waals surface area contributed by atoms with Crippen molar-refractivity contribution in [2.24, 2.45) is 10.7 Å². The molecule has 0 saturated heterocycles. The van der Waals surface area contributed by atoms with E-state index in [-0.39, 0.29) is 17.4 Å². The molecule has 0 heterocycles. The Labute approximate surface area is 100 Å². The number of ketones is 1. The van der Waals surface area contributed by atoms with Gasteiger partial charge < -0.3 is 5.73 Å². The fourth-order valence-corrected chi connectivity index (χ4v) is 1.16. The number of aliphatic imine (C=N–C) groups is 1. The van der Waals surface area contributed by atoms with Gasteiger partial charge in [0.25, 0.3) is 5.78 Å². The fraction of sp³-hybridized carbons (Fsp3) is 0.200. The van der Waals surface area contributed by atoms with E-state index in [1.165, 1.54) is 18.2 Å². The lowest BCUT2D eigenvalue weighted by Crippen LogP contribution is -2.23. The van der Waals surface area contributed by atoms with E-state index >= 15 is 0 Å². The molecule has 0 aliphatic rings. The van der Waals surface area contributed by atoms with Gasteiger partial charge in [-0.05, 0) is 12.1 Å². The van der Waals surface area contributed by atoms with Crippen molar-refractivity contribution in [2.75, 3.05) is 5.88 Å². The van der Waals surface area contributed by atoms with Crippen LogP contribution < -0.4 is 5.73 Å². The molecule has 0 spiro atoms. The van der Waals surface area contributed by atoms with Gasteiger partial charge in [-0.15, -0.1) is 11.6 Å². The highest BCUT2D eigenvalue weighted by Gasteiger charge is 2.40. The third-order valence-corrected chi connectivity index (χ3v) is 2.08. The Morgan fingerprint density at radius 1 is 1.35 bits per heavy atom. The van der Waals surface area contributed by atoms with Crippen LogP contribution in [0.15, 0.2) is 29.3 Å². The summed E-state index contributed by atoms with van der Waals surface area (Å²) in [4.78, 5) is 14.7. The van der Waals surface area contributed by atoms with Gasteiger partial charge in [0.05, 0.1) is 17.1 Å². The third kappa shape index (κ3) is 3.45. The average Bonchev–Trinajstić information content (AvgIpc) is 2.27. The predicted molar refractivity (Wildman–Crippen MR) is 58.8 cm³/mol. The largest absolute Gasteiger partial charge is 0.454 e. The predicted octanol–water partition coefficient (Wildman–Crippen LogP) is 2.66. The molecule has 17 heavy (non-hydrogen) atoms. The lowest BCUT2D eigenvalue weighted by atomic mass is 10.1. The van der Waals surface area contributed by atoms with Crippen LogP contribution in [-0.2, 0) is 0 Å². The molecule has 1 rings (SSSR count). The molecule has 0 unspecified atom stereocenters. The summed E-state index contributed by atoms with van der Waals surface area (Å²) in [5.41, 5.74) is 4.62. The Morgan fingerprint density at radius 3 is 2.47 bits per heavy atom. The fourth-order valence-electron chi connectivity index (χ4n) is 1.10. The Morgan fingerprint density at radius 2 is 1.94 bits per heavy atom. The highest BCUT2D eigenvalue weighted by Crippen LogP contribution is 2.27. The zero-order chi connectivity index (χ0) is 13.1. The van der Waals surface area contributed by atoms with E-state index < -0.39 is 17.5 Å². The van der Waals surface area contributed by atoms with Crippen molar-refractivity contribution in [3.63, 3.8) is 0 Å². The van der Waals surface area contributed by atoms with Crippen molar-refractivity contribution >= 4 is 28.9 Å². The first kappa shape index (κ1) is 13.5. The van der Waals surface area contributed by atoms with Crippen molar-refractivity contribution in [1.29, 1.82) is 0 Å². The number of Topliss-reactive ketones (excluding diaryl/α,β-unsaturated/α-hetero) is 1. The third-order valence-electron chi connectivity index (χ3n) is 1.81. The van der Waals surface area contributed by atoms with Gasteiger partial charge in [-0.2, -0.15) is 13.2 Å². The molecule has 0 atom stereocenters. The number of amidine groups is 1. The van der Waals surface area contributed by atoms with Gasteiger partial charge in [0.1, 0.15) is 5.84 Å². The van der Waals surface area contributed by atoms with Crippen molar-refractivity contribution < 1.29 is 18.0 Å². The second kappa shape index (κ2) is 5.18. The van der Waals surface area contributed by atoms with Gasteiger partial charge >= 0.3 is 6.18 Å². The van der Waals surface area contributed by atoms with Gasteiger partial charge in [-0.1, -0.05) is 12.1 Å². The number of halogens is 4. The maximum atomic E-state index is 12.3. The molecule has 0 aromatic heterocycles. The highest BCUT2D eigenvalue weighted by atomic mass is 35.5. The summed E-state index contributed by atoms with van der Waals surface area (Å²) in [5, 5.41) is 0. The minimum Gasteiger partial charge on any atom is -0.386 e. The van der Waals surface area contributed by atoms with E-state index in [4.69, 9.17) is 17.3 Å². The summed E-state index contributed by atoms with van der Waals surface area (Å²) in [5.74, 6) is -2.15. The Balaban J connectivity index is 3.22. The standard InChI is InChI=1S/C10H8ClF3N2O/c11-5-8(15)16-7-4-2-1-3-6(7)9(17)10(12,13)14/h1-4H,5H2,(H2,15,16). The smallest absolute Gasteiger partial charge is 0.386 e. The number of nitrogens with zero attached hydrogens (tertiary/aromatic N) is 1. The number of alkyl halides is 4. The monoisotopic (exact) mass is 264 g/mol. The van der Waals surface area contributed by atoms with Crippen LogP contribution in [0.3, 0.4) is 0 Å². The van der Waals surface area contributed by atoms with Gasteiger partial charge in [0.2, 0.25) is 0 Å². The molecule has 7 heteroatoms. The highest BCUT2D eigenvalue weighted by molar-refractivity contribution is 6.28. The lowest BCUT2D eigenvalue weighted by Gasteiger charge is -2.07. The number of nitrogens with two attached hydrogens (primary N) is 1. The quantitative estimate of drug-likeness (QED) is 0.395. The molecule has 0 aliphatic carbocycles. The van der Waals surface area contributed by atoms with Crippen molar-refractivity contribution in [1.82, 2.24) is 0 Å². The maximum absolute atomic E-state index is 12.3. The molecule has 0 aliphatic heterocycles. The number of carbonyl (C=O) groups excluding carboxylic acids is 1. The van der Waals surface area contributed by atoms with Crippen LogP contribution in [0, 0.1) is 0 Å². The average molecular weight is 265 g/mol. The van der Waals surface area contributed by atoms with Crippen molar-refractivity contribution in [2.45, 2.75) is 6.18 Å². The number of hydrogen-bond donors (Lipinski definition) is 1. The second-order valence-electron chi connectivity index (χ2n) is 3.08. The summed E-state index contributed by atoms with van der Waals surface area (Å²) in [6, 6.07) is 5.07. The molecular formula is C10H8ClF3N2O. The molecule has 1 aromatic carbocycles. The number of rotatable bonds is 3. The molecule has 0 radical (unpaired) electrons. The maximum Gasteiger partial charge on any atom is 0.454 e. The number of carbonyl (C=O) groups is 1. The SMILES string of the molecule is NC(CCl)=Nc1ccccc1C(=O)C(F)(F)F. The first-order chi connectivity index (χ1) is 7.86. The topological polar surface area (TPSA) is 55.4 Å². The van der Waals surface area contributed by atoms with Crippen LogP contribution in [0.2, 0.25) is 0 Å². The molecule has 0 bridgehead atoms. The Bertz CT molecular complexity index is 457. The summed E-state index contributed by atoms with van der Waals surface area (Å²) in [6.45, 7) is 0. The minimum absolute atomic E-state index is 0.0610. The zero-order valence-corrected chi connectivity index (χ0v) is 9.22. The first-order valence-corrected chi connectivity index (χ1v) is 4.99. The van der Waals surface area contributed by atoms with Crippen LogP contribution >= 0.6 is 11.6 Å². The van der Waals surface area contributed by atoms with Crippen molar-refractivity contribution in [3.05, 3.63) is 29.8 Å². The number of para-hydroxylation sites is 1. The van der Waals surface area contributed by atoms with E-state index in [2.05, 4.69) is 4.99 Å². The first-order valence-electron chi connectivity index (χ1n) is 4.46. The summed E-state index contributed by atoms with van der Waals surface area (Å²) in [7, 11) is 0. The van der Waals surface area contributed by atoms with E-state index in [1.54, 1.807) is 0 Å². The molecular weight excluding hydrogens is 257 g/mol. The van der Waals surface area contributed by atoms with Crippen LogP contribution in [0.5, 0.6) is 0 Å². The van der Waals surface area contributed by atoms with Crippen LogP contribution in [0.4, 0.5) is 18.9 Å². The van der Waals surface area contributed by atoms with E-state index in [0.29, 0.717) is 0 Å². The van der Waals surface area contributed by atoms with Gasteiger partial charge in [-0.3, -0.25) is 4.79 Å². The summed E-state index contributed by atoms with van der Waals surface area (Å²) in [6.07, 6.45) is -4.94. The number of hydrogen-bond acceptors (Lipinski definition) is 2. The zero-order valence-electron chi connectivity index (χ0n) is 8.46. The molecule has 0 fully saturated rings. The lowest BCUT2D eigenvalue weighted by molar-refractivity contribution is -0.0884. The van der Waals surface area contributed by atoms with Crippen LogP contribution in [0.1, 0.15) is 10.4 Å². The second-order valence-corrected chi connectivity index (χ2v) is 3.35. The molecule has 1 aromatic rings. The van der Waals surface area contributed by atoms with Gasteiger partial charge in [-0.25, -0.2) is 4.99 Å². The Kier molecular flexibility index (Phi) is 4.11. The molecule has 2 N–H and O–H groups in total. The van der Waals surface area contributed by atoms with Crippen LogP contribution in [-0.4, -0.2) is 23.7 Å².